The van der Waals surface area contributed by atoms with Gasteiger partial charge in [0, 0.05) is 12.0 Å². The van der Waals surface area contributed by atoms with E-state index in [1.54, 1.807) is 17.4 Å². The molecule has 0 radical (unpaired) electrons. The molecule has 2 aromatic carbocycles. The zero-order valence-electron chi connectivity index (χ0n) is 10.9. The Morgan fingerprint density at radius 2 is 2.05 bits per heavy atom. The maximum atomic E-state index is 11.4. The fraction of sp³-hybridized carbons (Fsp3) is 0.125. The Kier molecular flexibility index (Phi) is 3.55. The molecule has 0 saturated carbocycles. The van der Waals surface area contributed by atoms with Crippen molar-refractivity contribution in [1.82, 2.24) is 4.98 Å². The van der Waals surface area contributed by atoms with Crippen LogP contribution >= 0.6 is 22.9 Å². The zero-order valence-corrected chi connectivity index (χ0v) is 12.5. The number of benzene rings is 2. The van der Waals surface area contributed by atoms with E-state index in [9.17, 15) is 4.79 Å². The van der Waals surface area contributed by atoms with Crippen LogP contribution in [0.1, 0.15) is 27.9 Å². The molecule has 100 valence electrons. The number of Topliss-reactive ketones (excluding diaryl/α,β-unsaturated/α-hetero) is 1. The van der Waals surface area contributed by atoms with E-state index < -0.39 is 0 Å². The predicted molar refractivity (Wildman–Crippen MR) is 83.9 cm³/mol. The van der Waals surface area contributed by atoms with Gasteiger partial charge in [-0.3, -0.25) is 4.79 Å². The van der Waals surface area contributed by atoms with Crippen molar-refractivity contribution in [2.45, 2.75) is 13.3 Å². The molecule has 0 fully saturated rings. The average Bonchev–Trinajstić information content (AvgIpc) is 2.80. The molecular formula is C16H12ClNOS. The highest BCUT2D eigenvalue weighted by molar-refractivity contribution is 7.18. The van der Waals surface area contributed by atoms with Crippen molar-refractivity contribution in [1.29, 1.82) is 0 Å². The third kappa shape index (κ3) is 2.60. The second kappa shape index (κ2) is 5.35. The highest BCUT2D eigenvalue weighted by Gasteiger charge is 2.08. The Balaban J connectivity index is 1.90. The number of rotatable bonds is 3. The molecule has 0 spiro atoms. The fourth-order valence-corrected chi connectivity index (χ4v) is 3.46. The largest absolute Gasteiger partial charge is 0.294 e. The molecule has 0 saturated heterocycles. The second-order valence-corrected chi connectivity index (χ2v) is 6.14. The van der Waals surface area contributed by atoms with E-state index in [1.807, 2.05) is 30.3 Å². The molecule has 3 rings (SSSR count). The van der Waals surface area contributed by atoms with Crippen molar-refractivity contribution in [2.24, 2.45) is 0 Å². The lowest BCUT2D eigenvalue weighted by atomic mass is 10.1. The molecule has 2 nitrogen and oxygen atoms in total. The van der Waals surface area contributed by atoms with Gasteiger partial charge in [0.2, 0.25) is 0 Å². The molecule has 0 aliphatic heterocycles. The number of halogens is 1. The number of para-hydroxylation sites is 1. The normalized spacial score (nSPS) is 10.9. The molecule has 0 bridgehead atoms. The number of aromatic nitrogens is 1. The summed E-state index contributed by atoms with van der Waals surface area (Å²) in [6.45, 7) is 1.52. The van der Waals surface area contributed by atoms with E-state index in [1.165, 1.54) is 11.6 Å². The van der Waals surface area contributed by atoms with Crippen molar-refractivity contribution in [3.8, 4) is 0 Å². The van der Waals surface area contributed by atoms with Crippen LogP contribution in [0.3, 0.4) is 0 Å². The molecule has 0 aliphatic carbocycles. The fourth-order valence-electron chi connectivity index (χ4n) is 2.12. The predicted octanol–water partition coefficient (Wildman–Crippen LogP) is 4.74. The summed E-state index contributed by atoms with van der Waals surface area (Å²) in [5.74, 6) is -0.0125. The maximum Gasteiger partial charge on any atom is 0.161 e. The van der Waals surface area contributed by atoms with Gasteiger partial charge >= 0.3 is 0 Å². The first-order chi connectivity index (χ1) is 9.63. The van der Waals surface area contributed by atoms with E-state index in [4.69, 9.17) is 11.6 Å². The molecule has 1 aromatic heterocycles. The lowest BCUT2D eigenvalue weighted by Crippen LogP contribution is -1.95. The summed E-state index contributed by atoms with van der Waals surface area (Å²) in [6.07, 6.45) is 0.733. The van der Waals surface area contributed by atoms with Crippen LogP contribution < -0.4 is 0 Å². The van der Waals surface area contributed by atoms with Crippen LogP contribution in [0, 0.1) is 0 Å². The summed E-state index contributed by atoms with van der Waals surface area (Å²) in [7, 11) is 0. The minimum absolute atomic E-state index is 0.0125. The summed E-state index contributed by atoms with van der Waals surface area (Å²) < 4.78 is 1.19. The molecule has 0 aliphatic rings. The van der Waals surface area contributed by atoms with Gasteiger partial charge in [0.1, 0.15) is 0 Å². The van der Waals surface area contributed by atoms with E-state index in [2.05, 4.69) is 11.1 Å². The zero-order chi connectivity index (χ0) is 14.1. The number of ketones is 1. The Bertz CT molecular complexity index is 761. The highest BCUT2D eigenvalue weighted by Crippen LogP contribution is 2.25. The minimum atomic E-state index is -0.0125. The van der Waals surface area contributed by atoms with Crippen LogP contribution in [0.25, 0.3) is 10.2 Å². The molecule has 20 heavy (non-hydrogen) atoms. The van der Waals surface area contributed by atoms with Gasteiger partial charge < -0.3 is 0 Å². The summed E-state index contributed by atoms with van der Waals surface area (Å²) in [5, 5.41) is 1.56. The number of hydrogen-bond donors (Lipinski definition) is 0. The van der Waals surface area contributed by atoms with Gasteiger partial charge in [-0.2, -0.15) is 0 Å². The molecule has 4 heteroatoms. The van der Waals surface area contributed by atoms with Crippen molar-refractivity contribution in [2.75, 3.05) is 0 Å². The standard InChI is InChI=1S/C16H12ClNOS/c1-10(19)12-7-6-11(8-13(12)17)9-16-18-14-4-2-3-5-15(14)20-16/h2-8H,9H2,1H3. The molecule has 1 heterocycles. The number of thiazole rings is 1. The smallest absolute Gasteiger partial charge is 0.161 e. The SMILES string of the molecule is CC(=O)c1ccc(Cc2nc3ccccc3s2)cc1Cl. The lowest BCUT2D eigenvalue weighted by molar-refractivity contribution is 0.101. The van der Waals surface area contributed by atoms with E-state index in [0.717, 1.165) is 22.5 Å². The van der Waals surface area contributed by atoms with Crippen molar-refractivity contribution in [3.05, 3.63) is 63.6 Å². The Hall–Kier alpha value is -1.71. The summed E-state index contributed by atoms with van der Waals surface area (Å²) in [5.41, 5.74) is 2.66. The third-order valence-corrected chi connectivity index (χ3v) is 4.46. The molecule has 0 unspecified atom stereocenters. The molecule has 0 atom stereocenters. The van der Waals surface area contributed by atoms with Crippen LogP contribution in [0.15, 0.2) is 42.5 Å². The minimum Gasteiger partial charge on any atom is -0.294 e. The first-order valence-electron chi connectivity index (χ1n) is 6.27. The van der Waals surface area contributed by atoms with Crippen LogP contribution in [0.2, 0.25) is 5.02 Å². The summed E-state index contributed by atoms with van der Waals surface area (Å²) >= 11 is 7.82. The van der Waals surface area contributed by atoms with Crippen LogP contribution in [-0.2, 0) is 6.42 Å². The number of hydrogen-bond acceptors (Lipinski definition) is 3. The van der Waals surface area contributed by atoms with Gasteiger partial charge in [-0.25, -0.2) is 4.98 Å². The Morgan fingerprint density at radius 3 is 2.75 bits per heavy atom. The van der Waals surface area contributed by atoms with Gasteiger partial charge in [0.25, 0.3) is 0 Å². The van der Waals surface area contributed by atoms with Gasteiger partial charge in [0.15, 0.2) is 5.78 Å². The van der Waals surface area contributed by atoms with Crippen LogP contribution in [0.4, 0.5) is 0 Å². The quantitative estimate of drug-likeness (QED) is 0.654. The summed E-state index contributed by atoms with van der Waals surface area (Å²) in [4.78, 5) is 16.0. The molecule has 0 amide bonds. The number of carbonyl (C=O) groups excluding carboxylic acids is 1. The Labute approximate surface area is 126 Å². The highest BCUT2D eigenvalue weighted by atomic mass is 35.5. The first kappa shape index (κ1) is 13.3. The van der Waals surface area contributed by atoms with Gasteiger partial charge in [0.05, 0.1) is 20.2 Å². The van der Waals surface area contributed by atoms with Crippen LogP contribution in [-0.4, -0.2) is 10.8 Å². The number of fused-ring (bicyclic) bond motifs is 1. The average molecular weight is 302 g/mol. The van der Waals surface area contributed by atoms with E-state index >= 15 is 0 Å². The molecule has 0 N–H and O–H groups in total. The van der Waals surface area contributed by atoms with Crippen molar-refractivity contribution >= 4 is 38.9 Å². The van der Waals surface area contributed by atoms with Crippen molar-refractivity contribution in [3.63, 3.8) is 0 Å². The second-order valence-electron chi connectivity index (χ2n) is 4.62. The first-order valence-corrected chi connectivity index (χ1v) is 7.47. The molecule has 3 aromatic rings. The third-order valence-electron chi connectivity index (χ3n) is 3.11. The topological polar surface area (TPSA) is 30.0 Å². The molecular weight excluding hydrogens is 290 g/mol. The number of nitrogens with zero attached hydrogens (tertiary/aromatic N) is 1. The number of carbonyl (C=O) groups is 1. The van der Waals surface area contributed by atoms with Crippen molar-refractivity contribution < 1.29 is 4.79 Å². The van der Waals surface area contributed by atoms with Gasteiger partial charge in [-0.1, -0.05) is 29.8 Å². The maximum absolute atomic E-state index is 11.4. The summed E-state index contributed by atoms with van der Waals surface area (Å²) in [6, 6.07) is 13.7. The lowest BCUT2D eigenvalue weighted by Gasteiger charge is -2.03. The Morgan fingerprint density at radius 1 is 1.25 bits per heavy atom. The van der Waals surface area contributed by atoms with Gasteiger partial charge in [-0.15, -0.1) is 11.3 Å². The van der Waals surface area contributed by atoms with Crippen LogP contribution in [0.5, 0.6) is 0 Å². The van der Waals surface area contributed by atoms with E-state index in [-0.39, 0.29) is 5.78 Å². The van der Waals surface area contributed by atoms with E-state index in [0.29, 0.717) is 10.6 Å². The van der Waals surface area contributed by atoms with Gasteiger partial charge in [-0.05, 0) is 36.8 Å². The monoisotopic (exact) mass is 301 g/mol.